The Labute approximate surface area is 105 Å². The molecule has 0 heterocycles. The van der Waals surface area contributed by atoms with Crippen LogP contribution in [0.1, 0.15) is 5.56 Å². The first-order valence-corrected chi connectivity index (χ1v) is 6.12. The Morgan fingerprint density at radius 3 is 2.00 bits per heavy atom. The number of hydrogen-bond acceptors (Lipinski definition) is 0. The highest BCUT2D eigenvalue weighted by Gasteiger charge is 2.09. The van der Waals surface area contributed by atoms with Crippen LogP contribution in [0.3, 0.4) is 0 Å². The van der Waals surface area contributed by atoms with E-state index in [4.69, 9.17) is 0 Å². The summed E-state index contributed by atoms with van der Waals surface area (Å²) in [4.78, 5) is 0. The fourth-order valence-electron chi connectivity index (χ4n) is 2.92. The van der Waals surface area contributed by atoms with Crippen molar-refractivity contribution < 1.29 is 5.11 Å². The summed E-state index contributed by atoms with van der Waals surface area (Å²) in [5.41, 5.74) is 0.890. The van der Waals surface area contributed by atoms with Gasteiger partial charge in [0.2, 0.25) is 0 Å². The molecule has 0 aliphatic heterocycles. The Kier molecular flexibility index (Phi) is 1.88. The van der Waals surface area contributed by atoms with Gasteiger partial charge in [-0.1, -0.05) is 54.6 Å². The highest BCUT2D eigenvalue weighted by molar-refractivity contribution is 6.23. The average molecular weight is 231 g/mol. The standard InChI is InChI=1S/C17H11O/c18-10-14-7-6-13-5-4-11-2-1-3-12-8-9-15(14)17(13)16(11)12/h1-9H,10H2. The number of rotatable bonds is 1. The molecule has 0 saturated heterocycles. The van der Waals surface area contributed by atoms with Crippen molar-refractivity contribution in [3.8, 4) is 0 Å². The van der Waals surface area contributed by atoms with Crippen molar-refractivity contribution in [2.45, 2.75) is 6.61 Å². The second-order valence-electron chi connectivity index (χ2n) is 4.73. The van der Waals surface area contributed by atoms with Crippen LogP contribution in [0, 0.1) is 0 Å². The van der Waals surface area contributed by atoms with Crippen LogP contribution in [0.4, 0.5) is 0 Å². The van der Waals surface area contributed by atoms with Gasteiger partial charge in [0.1, 0.15) is 6.61 Å². The van der Waals surface area contributed by atoms with Crippen LogP contribution >= 0.6 is 0 Å². The molecular weight excluding hydrogens is 220 g/mol. The lowest BCUT2D eigenvalue weighted by molar-refractivity contribution is 0.179. The fourth-order valence-corrected chi connectivity index (χ4v) is 2.92. The van der Waals surface area contributed by atoms with Gasteiger partial charge in [-0.3, -0.25) is 0 Å². The second kappa shape index (κ2) is 3.44. The van der Waals surface area contributed by atoms with Crippen molar-refractivity contribution in [2.75, 3.05) is 0 Å². The highest BCUT2D eigenvalue weighted by Crippen LogP contribution is 2.35. The molecule has 1 radical (unpaired) electrons. The van der Waals surface area contributed by atoms with Gasteiger partial charge in [-0.2, -0.15) is 0 Å². The summed E-state index contributed by atoms with van der Waals surface area (Å²) in [6.07, 6.45) is 0. The van der Waals surface area contributed by atoms with Gasteiger partial charge in [-0.25, -0.2) is 5.11 Å². The zero-order valence-electron chi connectivity index (χ0n) is 9.81. The number of benzene rings is 4. The maximum Gasteiger partial charge on any atom is 0.108 e. The molecule has 1 heteroatoms. The summed E-state index contributed by atoms with van der Waals surface area (Å²) in [7, 11) is 0. The van der Waals surface area contributed by atoms with Gasteiger partial charge in [0.25, 0.3) is 0 Å². The molecule has 0 spiro atoms. The molecule has 0 N–H and O–H groups in total. The molecule has 0 amide bonds. The van der Waals surface area contributed by atoms with E-state index in [-0.39, 0.29) is 6.61 Å². The van der Waals surface area contributed by atoms with E-state index in [0.29, 0.717) is 0 Å². The summed E-state index contributed by atoms with van der Waals surface area (Å²) in [5.74, 6) is 0. The largest absolute Gasteiger partial charge is 0.232 e. The zero-order valence-corrected chi connectivity index (χ0v) is 9.81. The van der Waals surface area contributed by atoms with Crippen molar-refractivity contribution >= 4 is 32.3 Å². The van der Waals surface area contributed by atoms with Crippen LogP contribution in [-0.4, -0.2) is 0 Å². The summed E-state index contributed by atoms with van der Waals surface area (Å²) in [6, 6.07) is 18.8. The van der Waals surface area contributed by atoms with Gasteiger partial charge >= 0.3 is 0 Å². The van der Waals surface area contributed by atoms with Crippen molar-refractivity contribution in [2.24, 2.45) is 0 Å². The molecule has 0 saturated carbocycles. The minimum Gasteiger partial charge on any atom is -0.232 e. The van der Waals surface area contributed by atoms with Gasteiger partial charge in [0.15, 0.2) is 0 Å². The van der Waals surface area contributed by atoms with Crippen molar-refractivity contribution in [3.63, 3.8) is 0 Å². The van der Waals surface area contributed by atoms with E-state index in [9.17, 15) is 5.11 Å². The predicted molar refractivity (Wildman–Crippen MR) is 74.5 cm³/mol. The van der Waals surface area contributed by atoms with Crippen molar-refractivity contribution in [3.05, 3.63) is 60.2 Å². The van der Waals surface area contributed by atoms with E-state index >= 15 is 0 Å². The first-order chi connectivity index (χ1) is 8.88. The minimum atomic E-state index is -0.159. The maximum absolute atomic E-state index is 11.3. The SMILES string of the molecule is [O]Cc1ccc2ccc3cccc4ccc1c2c34. The molecule has 4 aromatic rings. The maximum atomic E-state index is 11.3. The van der Waals surface area contributed by atoms with Gasteiger partial charge in [-0.15, -0.1) is 0 Å². The first-order valence-electron chi connectivity index (χ1n) is 6.12. The molecule has 0 aliphatic carbocycles. The zero-order chi connectivity index (χ0) is 12.1. The fraction of sp³-hybridized carbons (Fsp3) is 0.0588. The lowest BCUT2D eigenvalue weighted by Gasteiger charge is -2.12. The molecule has 4 aromatic carbocycles. The van der Waals surface area contributed by atoms with Gasteiger partial charge in [0, 0.05) is 0 Å². The lowest BCUT2D eigenvalue weighted by atomic mass is 9.92. The number of hydrogen-bond donors (Lipinski definition) is 0. The Bertz CT molecular complexity index is 845. The average Bonchev–Trinajstić information content (AvgIpc) is 2.44. The van der Waals surface area contributed by atoms with E-state index < -0.39 is 0 Å². The van der Waals surface area contributed by atoms with E-state index in [1.54, 1.807) is 0 Å². The smallest absolute Gasteiger partial charge is 0.108 e. The third kappa shape index (κ3) is 1.14. The third-order valence-corrected chi connectivity index (χ3v) is 3.77. The van der Waals surface area contributed by atoms with Crippen LogP contribution in [0.5, 0.6) is 0 Å². The Hall–Kier alpha value is -2.12. The topological polar surface area (TPSA) is 19.9 Å². The second-order valence-corrected chi connectivity index (χ2v) is 4.73. The molecule has 18 heavy (non-hydrogen) atoms. The van der Waals surface area contributed by atoms with Gasteiger partial charge < -0.3 is 0 Å². The summed E-state index contributed by atoms with van der Waals surface area (Å²) in [6.45, 7) is -0.159. The Balaban J connectivity index is 2.40. The highest BCUT2D eigenvalue weighted by atomic mass is 16.3. The molecule has 0 aromatic heterocycles. The van der Waals surface area contributed by atoms with Gasteiger partial charge in [-0.05, 0) is 37.9 Å². The molecule has 0 unspecified atom stereocenters. The van der Waals surface area contributed by atoms with E-state index in [1.807, 2.05) is 6.07 Å². The van der Waals surface area contributed by atoms with Crippen LogP contribution in [0.25, 0.3) is 32.3 Å². The minimum absolute atomic E-state index is 0.159. The van der Waals surface area contributed by atoms with Gasteiger partial charge in [0.05, 0.1) is 0 Å². The van der Waals surface area contributed by atoms with Crippen LogP contribution < -0.4 is 0 Å². The lowest BCUT2D eigenvalue weighted by Crippen LogP contribution is -1.88. The summed E-state index contributed by atoms with van der Waals surface area (Å²) < 4.78 is 0. The quantitative estimate of drug-likeness (QED) is 0.429. The molecule has 4 rings (SSSR count). The van der Waals surface area contributed by atoms with E-state index in [2.05, 4.69) is 48.5 Å². The molecule has 0 atom stereocenters. The Morgan fingerprint density at radius 2 is 1.28 bits per heavy atom. The van der Waals surface area contributed by atoms with E-state index in [0.717, 1.165) is 10.9 Å². The molecule has 0 bridgehead atoms. The molecule has 1 nitrogen and oxygen atoms in total. The summed E-state index contributed by atoms with van der Waals surface area (Å²) >= 11 is 0. The van der Waals surface area contributed by atoms with Crippen molar-refractivity contribution in [1.29, 1.82) is 0 Å². The first kappa shape index (κ1) is 9.86. The predicted octanol–water partition coefficient (Wildman–Crippen LogP) is 4.51. The normalized spacial score (nSPS) is 11.8. The van der Waals surface area contributed by atoms with Crippen molar-refractivity contribution in [1.82, 2.24) is 0 Å². The molecular formula is C17H11O. The molecule has 0 fully saturated rings. The molecule has 0 aliphatic rings. The van der Waals surface area contributed by atoms with Crippen LogP contribution in [0.2, 0.25) is 0 Å². The van der Waals surface area contributed by atoms with Crippen LogP contribution in [-0.2, 0) is 11.7 Å². The van der Waals surface area contributed by atoms with Crippen LogP contribution in [0.15, 0.2) is 54.6 Å². The van der Waals surface area contributed by atoms with E-state index in [1.165, 1.54) is 26.9 Å². The molecule has 85 valence electrons. The third-order valence-electron chi connectivity index (χ3n) is 3.77. The monoisotopic (exact) mass is 231 g/mol. The Morgan fingerprint density at radius 1 is 0.667 bits per heavy atom. The summed E-state index contributed by atoms with van der Waals surface area (Å²) in [5, 5.41) is 18.6.